The van der Waals surface area contributed by atoms with Crippen LogP contribution in [0.2, 0.25) is 0 Å². The molecule has 0 atom stereocenters. The monoisotopic (exact) mass is 336 g/mol. The molecule has 0 fully saturated rings. The van der Waals surface area contributed by atoms with Gasteiger partial charge in [-0.05, 0) is 19.4 Å². The number of hydrogen-bond acceptors (Lipinski definition) is 2. The van der Waals surface area contributed by atoms with Gasteiger partial charge in [-0.15, -0.1) is 0 Å². The minimum atomic E-state index is -1.89. The average Bonchev–Trinajstić information content (AvgIpc) is 2.53. The van der Waals surface area contributed by atoms with Crippen LogP contribution in [0.3, 0.4) is 0 Å². The Labute approximate surface area is 137 Å². The van der Waals surface area contributed by atoms with Gasteiger partial charge in [0.2, 0.25) is 5.82 Å². The highest BCUT2D eigenvalue weighted by Gasteiger charge is 2.28. The Morgan fingerprint density at radius 1 is 1.12 bits per heavy atom. The zero-order valence-electron chi connectivity index (χ0n) is 13.1. The molecule has 6 heteroatoms. The van der Waals surface area contributed by atoms with E-state index in [4.69, 9.17) is 9.84 Å². The lowest BCUT2D eigenvalue weighted by atomic mass is 10.1. The summed E-state index contributed by atoms with van der Waals surface area (Å²) in [6.45, 7) is 3.31. The molecule has 2 aromatic rings. The molecule has 0 bridgehead atoms. The van der Waals surface area contributed by atoms with Crippen LogP contribution in [0.4, 0.5) is 13.2 Å². The Hall–Kier alpha value is -2.76. The topological polar surface area (TPSA) is 46.5 Å². The second kappa shape index (κ2) is 7.21. The Bertz CT molecular complexity index is 796. The van der Waals surface area contributed by atoms with Crippen molar-refractivity contribution in [1.82, 2.24) is 0 Å². The fourth-order valence-electron chi connectivity index (χ4n) is 2.14. The zero-order valence-corrected chi connectivity index (χ0v) is 13.1. The summed E-state index contributed by atoms with van der Waals surface area (Å²) in [7, 11) is 0. The number of allylic oxidation sites excluding steroid dienone is 1. The smallest absolute Gasteiger partial charge is 0.341 e. The van der Waals surface area contributed by atoms with Crippen LogP contribution < -0.4 is 4.74 Å². The van der Waals surface area contributed by atoms with E-state index in [1.165, 1.54) is 13.0 Å². The number of halogens is 3. The van der Waals surface area contributed by atoms with Gasteiger partial charge in [0.1, 0.15) is 12.2 Å². The first-order chi connectivity index (χ1) is 11.4. The molecular weight excluding hydrogens is 321 g/mol. The molecule has 0 spiro atoms. The van der Waals surface area contributed by atoms with E-state index in [1.54, 1.807) is 12.1 Å². The quantitative estimate of drug-likeness (QED) is 0.804. The van der Waals surface area contributed by atoms with E-state index in [-0.39, 0.29) is 6.61 Å². The summed E-state index contributed by atoms with van der Waals surface area (Å²) >= 11 is 0. The van der Waals surface area contributed by atoms with Crippen molar-refractivity contribution in [3.8, 4) is 5.75 Å². The first-order valence-electron chi connectivity index (χ1n) is 7.11. The lowest BCUT2D eigenvalue weighted by Crippen LogP contribution is -2.12. The Morgan fingerprint density at radius 3 is 2.29 bits per heavy atom. The van der Waals surface area contributed by atoms with Crippen LogP contribution in [-0.4, -0.2) is 11.1 Å². The number of carboxylic acids is 1. The maximum absolute atomic E-state index is 14.3. The van der Waals surface area contributed by atoms with Gasteiger partial charge in [-0.2, -0.15) is 4.39 Å². The molecule has 2 rings (SSSR count). The van der Waals surface area contributed by atoms with Gasteiger partial charge in [0.15, 0.2) is 17.4 Å². The molecule has 0 saturated carbocycles. The number of rotatable bonds is 5. The van der Waals surface area contributed by atoms with Crippen molar-refractivity contribution in [2.45, 2.75) is 20.5 Å². The Balaban J connectivity index is 2.48. The minimum Gasteiger partial charge on any atom is -0.485 e. The van der Waals surface area contributed by atoms with Crippen molar-refractivity contribution >= 4 is 12.0 Å². The summed E-state index contributed by atoms with van der Waals surface area (Å²) in [4.78, 5) is 11.0. The van der Waals surface area contributed by atoms with Crippen LogP contribution in [0.1, 0.15) is 34.0 Å². The normalized spacial score (nSPS) is 11.0. The fraction of sp³-hybridized carbons (Fsp3) is 0.167. The van der Waals surface area contributed by atoms with E-state index in [0.29, 0.717) is 5.56 Å². The third-order valence-electron chi connectivity index (χ3n) is 3.36. The predicted octanol–water partition coefficient (Wildman–Crippen LogP) is 4.72. The van der Waals surface area contributed by atoms with Gasteiger partial charge in [-0.3, -0.25) is 0 Å². The van der Waals surface area contributed by atoms with Crippen LogP contribution in [0.5, 0.6) is 5.75 Å². The summed E-state index contributed by atoms with van der Waals surface area (Å²) in [6.07, 6.45) is 2.51. The van der Waals surface area contributed by atoms with E-state index in [0.717, 1.165) is 11.6 Å². The van der Waals surface area contributed by atoms with Crippen molar-refractivity contribution in [2.75, 3.05) is 0 Å². The van der Waals surface area contributed by atoms with Gasteiger partial charge in [-0.25, -0.2) is 13.6 Å². The summed E-state index contributed by atoms with van der Waals surface area (Å²) < 4.78 is 47.6. The van der Waals surface area contributed by atoms with Gasteiger partial charge in [0, 0.05) is 0 Å². The zero-order chi connectivity index (χ0) is 17.9. The highest BCUT2D eigenvalue weighted by molar-refractivity contribution is 5.90. The van der Waals surface area contributed by atoms with E-state index in [9.17, 15) is 18.0 Å². The van der Waals surface area contributed by atoms with Crippen LogP contribution in [0, 0.1) is 24.4 Å². The number of ether oxygens (including phenoxy) is 1. The fourth-order valence-corrected chi connectivity index (χ4v) is 2.14. The van der Waals surface area contributed by atoms with Crippen LogP contribution in [0.15, 0.2) is 30.3 Å². The minimum absolute atomic E-state index is 0.118. The van der Waals surface area contributed by atoms with E-state index >= 15 is 0 Å². The van der Waals surface area contributed by atoms with Gasteiger partial charge < -0.3 is 9.84 Å². The van der Waals surface area contributed by atoms with Crippen molar-refractivity contribution < 1.29 is 27.8 Å². The number of carboxylic acid groups (broad SMARTS) is 1. The molecule has 0 amide bonds. The second-order valence-electron chi connectivity index (χ2n) is 5.14. The number of aromatic carboxylic acids is 1. The number of benzene rings is 2. The molecule has 0 heterocycles. The summed E-state index contributed by atoms with van der Waals surface area (Å²) in [5.41, 5.74) is -0.0961. The summed E-state index contributed by atoms with van der Waals surface area (Å²) in [6, 6.07) is 7.11. The van der Waals surface area contributed by atoms with Gasteiger partial charge >= 0.3 is 5.97 Å². The van der Waals surface area contributed by atoms with Crippen molar-refractivity contribution in [2.24, 2.45) is 0 Å². The van der Waals surface area contributed by atoms with Crippen molar-refractivity contribution in [3.63, 3.8) is 0 Å². The van der Waals surface area contributed by atoms with E-state index in [1.807, 2.05) is 19.1 Å². The molecule has 0 unspecified atom stereocenters. The SMILES string of the molecule is C/C=C/c1c(F)c(C(=O)O)c(F)c(F)c1OCc1ccc(C)cc1. The lowest BCUT2D eigenvalue weighted by Gasteiger charge is -2.14. The summed E-state index contributed by atoms with van der Waals surface area (Å²) in [5, 5.41) is 8.88. The first kappa shape index (κ1) is 17.6. The third-order valence-corrected chi connectivity index (χ3v) is 3.36. The standard InChI is InChI=1S/C18H15F3O3/c1-3-4-12-14(19)13(18(22)23)15(20)16(21)17(12)24-9-11-7-5-10(2)6-8-11/h3-8H,9H2,1-2H3,(H,22,23)/b4-3+. The maximum atomic E-state index is 14.3. The summed E-state index contributed by atoms with van der Waals surface area (Å²) in [5.74, 6) is -7.24. The van der Waals surface area contributed by atoms with Gasteiger partial charge in [0.05, 0.1) is 5.56 Å². The number of carbonyl (C=O) groups is 1. The average molecular weight is 336 g/mol. The van der Waals surface area contributed by atoms with E-state index < -0.39 is 40.3 Å². The van der Waals surface area contributed by atoms with Gasteiger partial charge in [0.25, 0.3) is 0 Å². The van der Waals surface area contributed by atoms with Crippen molar-refractivity contribution in [1.29, 1.82) is 0 Å². The lowest BCUT2D eigenvalue weighted by molar-refractivity contribution is 0.0684. The van der Waals surface area contributed by atoms with Crippen LogP contribution in [0.25, 0.3) is 6.08 Å². The first-order valence-corrected chi connectivity index (χ1v) is 7.11. The molecule has 0 aromatic heterocycles. The number of hydrogen-bond donors (Lipinski definition) is 1. The molecule has 0 aliphatic carbocycles. The largest absolute Gasteiger partial charge is 0.485 e. The highest BCUT2D eigenvalue weighted by atomic mass is 19.2. The molecule has 3 nitrogen and oxygen atoms in total. The second-order valence-corrected chi connectivity index (χ2v) is 5.14. The Kier molecular flexibility index (Phi) is 5.28. The third kappa shape index (κ3) is 3.42. The highest BCUT2D eigenvalue weighted by Crippen LogP contribution is 2.33. The molecule has 2 aromatic carbocycles. The van der Waals surface area contributed by atoms with Gasteiger partial charge in [-0.1, -0.05) is 42.0 Å². The molecule has 0 radical (unpaired) electrons. The van der Waals surface area contributed by atoms with Crippen LogP contribution in [-0.2, 0) is 6.61 Å². The predicted molar refractivity (Wildman–Crippen MR) is 83.5 cm³/mol. The molecule has 24 heavy (non-hydrogen) atoms. The van der Waals surface area contributed by atoms with E-state index in [2.05, 4.69) is 0 Å². The molecule has 0 aliphatic rings. The molecule has 0 saturated heterocycles. The van der Waals surface area contributed by atoms with Crippen LogP contribution >= 0.6 is 0 Å². The molecule has 0 aliphatic heterocycles. The number of aryl methyl sites for hydroxylation is 1. The molecular formula is C18H15F3O3. The molecule has 126 valence electrons. The molecule has 1 N–H and O–H groups in total. The van der Waals surface area contributed by atoms with Crippen molar-refractivity contribution in [3.05, 3.63) is 70.0 Å². The Morgan fingerprint density at radius 2 is 1.75 bits per heavy atom. The maximum Gasteiger partial charge on any atom is 0.341 e.